The maximum atomic E-state index is 12.7. The van der Waals surface area contributed by atoms with E-state index < -0.39 is 11.0 Å². The predicted molar refractivity (Wildman–Crippen MR) is 148 cm³/mol. The largest absolute Gasteiger partial charge is 0.493 e. The molecule has 1 aromatic heterocycles. The van der Waals surface area contributed by atoms with Crippen LogP contribution in [0, 0.1) is 10.1 Å². The Labute approximate surface area is 230 Å². The molecule has 0 aliphatic carbocycles. The van der Waals surface area contributed by atoms with E-state index in [0.717, 1.165) is 19.5 Å². The molecule has 2 amide bonds. The molecule has 1 aliphatic rings. The van der Waals surface area contributed by atoms with Crippen LogP contribution in [0.25, 0.3) is 10.9 Å². The Kier molecular flexibility index (Phi) is 7.87. The van der Waals surface area contributed by atoms with Crippen molar-refractivity contribution in [1.29, 1.82) is 0 Å². The number of hydrogen-bond donors (Lipinski definition) is 2. The summed E-state index contributed by atoms with van der Waals surface area (Å²) in [6, 6.07) is 17.1. The van der Waals surface area contributed by atoms with E-state index in [1.165, 1.54) is 44.3 Å². The lowest BCUT2D eigenvalue weighted by atomic mass is 10.2. The van der Waals surface area contributed by atoms with Crippen LogP contribution in [0.5, 0.6) is 23.1 Å². The molecule has 2 N–H and O–H groups in total. The van der Waals surface area contributed by atoms with Crippen molar-refractivity contribution >= 4 is 28.3 Å². The van der Waals surface area contributed by atoms with Gasteiger partial charge in [0.2, 0.25) is 5.88 Å². The minimum atomic E-state index is -0.578. The maximum absolute atomic E-state index is 12.7. The van der Waals surface area contributed by atoms with E-state index >= 15 is 0 Å². The summed E-state index contributed by atoms with van der Waals surface area (Å²) in [5, 5.41) is 17.9. The first-order chi connectivity index (χ1) is 19.4. The van der Waals surface area contributed by atoms with Gasteiger partial charge in [-0.15, -0.1) is 0 Å². The molecule has 0 radical (unpaired) electrons. The maximum Gasteiger partial charge on any atom is 0.319 e. The first kappa shape index (κ1) is 26.6. The van der Waals surface area contributed by atoms with Crippen molar-refractivity contribution in [2.75, 3.05) is 32.6 Å². The van der Waals surface area contributed by atoms with E-state index in [1.807, 2.05) is 18.2 Å². The highest BCUT2D eigenvalue weighted by Gasteiger charge is 2.25. The van der Waals surface area contributed by atoms with Gasteiger partial charge in [0.25, 0.3) is 5.69 Å². The Morgan fingerprint density at radius 2 is 1.85 bits per heavy atom. The smallest absolute Gasteiger partial charge is 0.319 e. The average Bonchev–Trinajstić information content (AvgIpc) is 3.39. The minimum Gasteiger partial charge on any atom is -0.493 e. The number of nitrogens with one attached hydrogen (secondary N) is 2. The number of methoxy groups -OCH3 is 2. The first-order valence-corrected chi connectivity index (χ1v) is 12.6. The zero-order valence-electron chi connectivity index (χ0n) is 22.0. The van der Waals surface area contributed by atoms with Gasteiger partial charge in [-0.05, 0) is 30.2 Å². The number of fused-ring (bicyclic) bond motifs is 1. The summed E-state index contributed by atoms with van der Waals surface area (Å²) in [7, 11) is 3.03. The van der Waals surface area contributed by atoms with Crippen molar-refractivity contribution in [2.45, 2.75) is 19.0 Å². The van der Waals surface area contributed by atoms with E-state index in [9.17, 15) is 14.9 Å². The van der Waals surface area contributed by atoms with Crippen LogP contribution >= 0.6 is 0 Å². The zero-order valence-corrected chi connectivity index (χ0v) is 22.0. The lowest BCUT2D eigenvalue weighted by Crippen LogP contribution is -2.39. The van der Waals surface area contributed by atoms with Gasteiger partial charge in [-0.2, -0.15) is 0 Å². The Hall–Kier alpha value is -4.97. The Bertz CT molecular complexity index is 1530. The molecule has 12 heteroatoms. The number of ether oxygens (including phenoxy) is 3. The van der Waals surface area contributed by atoms with Gasteiger partial charge in [0.15, 0.2) is 11.5 Å². The summed E-state index contributed by atoms with van der Waals surface area (Å²) >= 11 is 0. The molecule has 1 fully saturated rings. The standard InChI is InChI=1S/C28H28N6O6/c1-38-25-13-21-23(14-26(25)39-2)29-17-30-27(21)40-20-8-9-22(24(12-20)34(36)37)32-28(35)31-19-10-11-33(16-19)15-18-6-4-3-5-7-18/h3-9,12-14,17,19H,10-11,15-16H2,1-2H3,(H2,31,32,35)/t19-/m0/s1. The van der Waals surface area contributed by atoms with Crippen LogP contribution in [0.2, 0.25) is 0 Å². The second-order valence-corrected chi connectivity index (χ2v) is 9.25. The van der Waals surface area contributed by atoms with E-state index in [4.69, 9.17) is 14.2 Å². The monoisotopic (exact) mass is 544 g/mol. The number of anilines is 1. The molecular formula is C28H28N6O6. The summed E-state index contributed by atoms with van der Waals surface area (Å²) in [6.45, 7) is 2.35. The first-order valence-electron chi connectivity index (χ1n) is 12.6. The lowest BCUT2D eigenvalue weighted by Gasteiger charge is -2.17. The highest BCUT2D eigenvalue weighted by Crippen LogP contribution is 2.37. The van der Waals surface area contributed by atoms with Crippen molar-refractivity contribution in [3.05, 3.63) is 82.7 Å². The molecule has 1 saturated heterocycles. The molecule has 0 bridgehead atoms. The normalized spacial score (nSPS) is 15.0. The van der Waals surface area contributed by atoms with Crippen LogP contribution in [0.1, 0.15) is 12.0 Å². The molecule has 206 valence electrons. The lowest BCUT2D eigenvalue weighted by molar-refractivity contribution is -0.384. The fourth-order valence-corrected chi connectivity index (χ4v) is 4.66. The number of amides is 2. The van der Waals surface area contributed by atoms with Crippen LogP contribution in [-0.4, -0.2) is 59.2 Å². The third kappa shape index (κ3) is 6.02. The molecule has 0 saturated carbocycles. The molecule has 2 heterocycles. The number of hydrogen-bond acceptors (Lipinski definition) is 9. The minimum absolute atomic E-state index is 0.0490. The highest BCUT2D eigenvalue weighted by atomic mass is 16.6. The number of rotatable bonds is 9. The molecule has 12 nitrogen and oxygen atoms in total. The van der Waals surface area contributed by atoms with Crippen LogP contribution in [-0.2, 0) is 6.54 Å². The SMILES string of the molecule is COc1cc2ncnc(Oc3ccc(NC(=O)N[C@H]4CCN(Cc5ccccc5)C4)c([N+](=O)[O-])c3)c2cc1OC. The fraction of sp³-hybridized carbons (Fsp3) is 0.250. The predicted octanol–water partition coefficient (Wildman–Crippen LogP) is 4.74. The van der Waals surface area contributed by atoms with E-state index in [0.29, 0.717) is 28.9 Å². The Morgan fingerprint density at radius 1 is 1.07 bits per heavy atom. The van der Waals surface area contributed by atoms with Gasteiger partial charge in [-0.1, -0.05) is 30.3 Å². The number of nitro groups is 1. The number of carbonyl (C=O) groups excluding carboxylic acids is 1. The zero-order chi connectivity index (χ0) is 28.1. The number of urea groups is 1. The molecular weight excluding hydrogens is 516 g/mol. The van der Waals surface area contributed by atoms with Gasteiger partial charge in [0.05, 0.1) is 36.1 Å². The van der Waals surface area contributed by atoms with E-state index in [2.05, 4.69) is 37.6 Å². The van der Waals surface area contributed by atoms with Crippen LogP contribution in [0.3, 0.4) is 0 Å². The van der Waals surface area contributed by atoms with Gasteiger partial charge in [0, 0.05) is 31.7 Å². The molecule has 0 unspecified atom stereocenters. The number of aromatic nitrogens is 2. The Balaban J connectivity index is 1.27. The van der Waals surface area contributed by atoms with Crippen molar-refractivity contribution in [2.24, 2.45) is 0 Å². The molecule has 0 spiro atoms. The average molecular weight is 545 g/mol. The molecule has 40 heavy (non-hydrogen) atoms. The van der Waals surface area contributed by atoms with Gasteiger partial charge in [-0.3, -0.25) is 15.0 Å². The number of likely N-dealkylation sites (tertiary alicyclic amines) is 1. The third-order valence-corrected chi connectivity index (χ3v) is 6.59. The Morgan fingerprint density at radius 3 is 2.60 bits per heavy atom. The topological polar surface area (TPSA) is 141 Å². The fourth-order valence-electron chi connectivity index (χ4n) is 4.66. The second kappa shape index (κ2) is 11.8. The van der Waals surface area contributed by atoms with E-state index in [-0.39, 0.29) is 29.0 Å². The number of nitrogens with zero attached hydrogens (tertiary/aromatic N) is 4. The summed E-state index contributed by atoms with van der Waals surface area (Å²) in [5.74, 6) is 1.29. The molecule has 1 atom stereocenters. The highest BCUT2D eigenvalue weighted by molar-refractivity contribution is 5.92. The summed E-state index contributed by atoms with van der Waals surface area (Å²) in [4.78, 5) is 34.7. The number of benzene rings is 3. The molecule has 5 rings (SSSR count). The summed E-state index contributed by atoms with van der Waals surface area (Å²) in [5.41, 5.74) is 1.48. The number of carbonyl (C=O) groups is 1. The van der Waals surface area contributed by atoms with Crippen LogP contribution in [0.4, 0.5) is 16.2 Å². The quantitative estimate of drug-likeness (QED) is 0.226. The molecule has 4 aromatic rings. The van der Waals surface area contributed by atoms with Crippen molar-refractivity contribution < 1.29 is 23.9 Å². The second-order valence-electron chi connectivity index (χ2n) is 9.25. The van der Waals surface area contributed by atoms with Gasteiger partial charge < -0.3 is 24.8 Å². The summed E-state index contributed by atoms with van der Waals surface area (Å²) < 4.78 is 16.6. The van der Waals surface area contributed by atoms with Crippen molar-refractivity contribution in [1.82, 2.24) is 20.2 Å². The molecule has 3 aromatic carbocycles. The van der Waals surface area contributed by atoms with Crippen LogP contribution < -0.4 is 24.8 Å². The van der Waals surface area contributed by atoms with Crippen molar-refractivity contribution in [3.8, 4) is 23.1 Å². The van der Waals surface area contributed by atoms with E-state index in [1.54, 1.807) is 12.1 Å². The molecule has 1 aliphatic heterocycles. The number of nitro benzene ring substituents is 1. The van der Waals surface area contributed by atoms with Crippen molar-refractivity contribution in [3.63, 3.8) is 0 Å². The van der Waals surface area contributed by atoms with Gasteiger partial charge in [0.1, 0.15) is 17.8 Å². The third-order valence-electron chi connectivity index (χ3n) is 6.59. The summed E-state index contributed by atoms with van der Waals surface area (Å²) in [6.07, 6.45) is 2.11. The van der Waals surface area contributed by atoms with Gasteiger partial charge in [-0.25, -0.2) is 14.8 Å². The van der Waals surface area contributed by atoms with Crippen LogP contribution in [0.15, 0.2) is 67.0 Å². The van der Waals surface area contributed by atoms with Gasteiger partial charge >= 0.3 is 6.03 Å².